The molecule has 3 heterocycles. The van der Waals surface area contributed by atoms with Crippen LogP contribution in [0.4, 0.5) is 0 Å². The van der Waals surface area contributed by atoms with E-state index in [-0.39, 0.29) is 20.1 Å². The molecule has 0 aliphatic carbocycles. The molecule has 43 heavy (non-hydrogen) atoms. The molecule has 6 aromatic rings. The van der Waals surface area contributed by atoms with Crippen LogP contribution in [-0.4, -0.2) is 31.3 Å². The zero-order chi connectivity index (χ0) is 31.0. The van der Waals surface area contributed by atoms with Crippen molar-refractivity contribution in [3.8, 4) is 22.5 Å². The van der Waals surface area contributed by atoms with E-state index in [9.17, 15) is 0 Å². The first-order chi connectivity index (χ1) is 20.2. The maximum atomic E-state index is 8.33. The Morgan fingerprint density at radius 3 is 2.26 bits per heavy atom. The minimum absolute atomic E-state index is 0. The number of fused-ring (bicyclic) bond motifs is 3. The van der Waals surface area contributed by atoms with Crippen LogP contribution in [0.1, 0.15) is 26.7 Å². The molecule has 0 aliphatic heterocycles. The summed E-state index contributed by atoms with van der Waals surface area (Å²) >= 11 is -0.0532. The fraction of sp³-hybridized carbons (Fsp3) is 0.243. The second-order valence-corrected chi connectivity index (χ2v) is 29.8. The third-order valence-electron chi connectivity index (χ3n) is 7.51. The van der Waals surface area contributed by atoms with E-state index in [0.29, 0.717) is 0 Å². The Kier molecular flexibility index (Phi) is 10.2. The van der Waals surface area contributed by atoms with Gasteiger partial charge in [-0.05, 0) is 10.9 Å². The monoisotopic (exact) mass is 840 g/mol. The Morgan fingerprint density at radius 2 is 1.63 bits per heavy atom. The molecule has 3 aromatic heterocycles. The van der Waals surface area contributed by atoms with Gasteiger partial charge in [0.25, 0.3) is 0 Å². The molecule has 0 fully saturated rings. The second kappa shape index (κ2) is 13.7. The average molecular weight is 839 g/mol. The molecule has 0 N–H and O–H groups in total. The van der Waals surface area contributed by atoms with Crippen LogP contribution in [0.15, 0.2) is 91.3 Å². The smallest absolute Gasteiger partial charge is 0 e. The minimum Gasteiger partial charge on any atom is 0 e. The van der Waals surface area contributed by atoms with Crippen LogP contribution in [0.5, 0.6) is 0 Å². The standard InChI is InChI=1S/C23H24GeNS.C14H16NSi.Ir/c1-15(2)16-11-12-25-21(13-16)19-8-6-7-18-20-14-17(24(3,4)5)9-10-22(20)26-23(18)19;1-16(2,3)13-9-10-14(15-11-13)12-7-5-4-6-8-12;/h6-7,9-15H,1-5H3;4-7,9-11H,1-3H3;/q2*-1;/i15D;;. The van der Waals surface area contributed by atoms with E-state index in [4.69, 9.17) is 1.37 Å². The van der Waals surface area contributed by atoms with E-state index in [0.717, 1.165) is 28.1 Å². The molecular weight excluding hydrogens is 797 g/mol. The van der Waals surface area contributed by atoms with Crippen molar-refractivity contribution in [3.63, 3.8) is 0 Å². The Balaban J connectivity index is 0.000000223. The fourth-order valence-corrected chi connectivity index (χ4v) is 9.49. The average Bonchev–Trinajstić information content (AvgIpc) is 3.35. The van der Waals surface area contributed by atoms with Crippen molar-refractivity contribution in [3.05, 3.63) is 109 Å². The molecular formula is C37H40GeIrN2SSi-2. The van der Waals surface area contributed by atoms with Crippen molar-refractivity contribution >= 4 is 62.4 Å². The molecule has 6 rings (SSSR count). The predicted molar refractivity (Wildman–Crippen MR) is 190 cm³/mol. The molecule has 3 aromatic carbocycles. The van der Waals surface area contributed by atoms with Crippen molar-refractivity contribution in [2.45, 2.75) is 56.7 Å². The normalized spacial score (nSPS) is 12.3. The van der Waals surface area contributed by atoms with Gasteiger partial charge in [0, 0.05) is 26.3 Å². The molecule has 2 nitrogen and oxygen atoms in total. The van der Waals surface area contributed by atoms with Gasteiger partial charge in [-0.15, -0.1) is 35.9 Å². The van der Waals surface area contributed by atoms with Gasteiger partial charge in [-0.3, -0.25) is 0 Å². The largest absolute Gasteiger partial charge is 0 e. The summed E-state index contributed by atoms with van der Waals surface area (Å²) in [4.78, 5) is 9.12. The maximum absolute atomic E-state index is 8.33. The fourth-order valence-electron chi connectivity index (χ4n) is 4.83. The van der Waals surface area contributed by atoms with Crippen LogP contribution in [-0.2, 0) is 20.1 Å². The van der Waals surface area contributed by atoms with Gasteiger partial charge in [-0.2, -0.15) is 0 Å². The molecule has 6 heteroatoms. The Labute approximate surface area is 280 Å². The summed E-state index contributed by atoms with van der Waals surface area (Å²) in [5.41, 5.74) is 4.98. The number of aromatic nitrogens is 2. The molecule has 0 bridgehead atoms. The maximum Gasteiger partial charge on any atom is 0 e. The van der Waals surface area contributed by atoms with Crippen molar-refractivity contribution < 1.29 is 21.5 Å². The van der Waals surface area contributed by atoms with Gasteiger partial charge in [0.2, 0.25) is 0 Å². The number of nitrogens with zero attached hydrogens (tertiary/aromatic N) is 2. The number of thiophene rings is 1. The first kappa shape index (κ1) is 32.0. The van der Waals surface area contributed by atoms with E-state index in [1.54, 1.807) is 0 Å². The van der Waals surface area contributed by atoms with E-state index in [1.165, 1.54) is 29.8 Å². The number of pyridine rings is 2. The number of rotatable bonds is 5. The Morgan fingerprint density at radius 1 is 0.837 bits per heavy atom. The van der Waals surface area contributed by atoms with E-state index in [2.05, 4.69) is 95.4 Å². The molecule has 0 atom stereocenters. The van der Waals surface area contributed by atoms with E-state index < -0.39 is 27.2 Å². The summed E-state index contributed by atoms with van der Waals surface area (Å²) in [5.74, 6) is 6.67. The zero-order valence-electron chi connectivity index (χ0n) is 27.3. The van der Waals surface area contributed by atoms with Gasteiger partial charge in [0.15, 0.2) is 0 Å². The summed E-state index contributed by atoms with van der Waals surface area (Å²) < 4.78 is 12.4. The van der Waals surface area contributed by atoms with Gasteiger partial charge in [0.1, 0.15) is 0 Å². The summed E-state index contributed by atoms with van der Waals surface area (Å²) in [5, 5.41) is 4.03. The van der Waals surface area contributed by atoms with Crippen LogP contribution in [0.3, 0.4) is 0 Å². The first-order valence-corrected chi connectivity index (χ1v) is 26.2. The topological polar surface area (TPSA) is 25.8 Å². The van der Waals surface area contributed by atoms with Crippen LogP contribution in [0.2, 0.25) is 36.9 Å². The summed E-state index contributed by atoms with van der Waals surface area (Å²) in [7, 11) is -1.23. The summed E-state index contributed by atoms with van der Waals surface area (Å²) in [6.45, 7) is 10.8. The van der Waals surface area contributed by atoms with Gasteiger partial charge < -0.3 is 4.98 Å². The Hall–Kier alpha value is -2.41. The predicted octanol–water partition coefficient (Wildman–Crippen LogP) is 9.68. The van der Waals surface area contributed by atoms with Gasteiger partial charge in [-0.25, -0.2) is 0 Å². The molecule has 223 valence electrons. The quantitative estimate of drug-likeness (QED) is 0.128. The molecule has 0 unspecified atom stereocenters. The number of hydrogen-bond acceptors (Lipinski definition) is 3. The summed E-state index contributed by atoms with van der Waals surface area (Å²) in [6.07, 6.45) is 3.83. The molecule has 0 amide bonds. The van der Waals surface area contributed by atoms with Gasteiger partial charge >= 0.3 is 164 Å². The van der Waals surface area contributed by atoms with Crippen LogP contribution < -0.4 is 9.58 Å². The minimum atomic E-state index is -1.87. The van der Waals surface area contributed by atoms with Crippen molar-refractivity contribution in [2.75, 3.05) is 0 Å². The van der Waals surface area contributed by atoms with Gasteiger partial charge in [0.05, 0.1) is 8.07 Å². The first-order valence-electron chi connectivity index (χ1n) is 15.0. The molecule has 1 radical (unpaired) electrons. The molecule has 0 saturated carbocycles. The second-order valence-electron chi connectivity index (χ2n) is 13.0. The van der Waals surface area contributed by atoms with Crippen LogP contribution in [0, 0.1) is 12.1 Å². The van der Waals surface area contributed by atoms with Crippen molar-refractivity contribution in [1.82, 2.24) is 9.97 Å². The van der Waals surface area contributed by atoms with Gasteiger partial charge in [-0.1, -0.05) is 31.8 Å². The SMILES string of the molecule is C[Si](C)(C)c1ccc(-c2[c-]cccc2)nc1.[2H]C(C)(C)c1ccnc(-c2[c-]ccc3c2sc2cc[c]([Ge]([CH3])([CH3])[CH3])cc23)c1.[Ir]. The number of benzene rings is 3. The molecule has 0 spiro atoms. The van der Waals surface area contributed by atoms with E-state index >= 15 is 0 Å². The Bertz CT molecular complexity index is 1870. The number of hydrogen-bond donors (Lipinski definition) is 0. The summed E-state index contributed by atoms with van der Waals surface area (Å²) in [6, 6.07) is 34.0. The van der Waals surface area contributed by atoms with Crippen LogP contribution in [0.25, 0.3) is 42.7 Å². The molecule has 0 saturated heterocycles. The van der Waals surface area contributed by atoms with E-state index in [1.807, 2.05) is 80.0 Å². The van der Waals surface area contributed by atoms with Crippen LogP contribution >= 0.6 is 11.3 Å². The zero-order valence-corrected chi connectivity index (χ0v) is 32.6. The third-order valence-corrected chi connectivity index (χ3v) is 15.0. The van der Waals surface area contributed by atoms with Crippen molar-refractivity contribution in [1.29, 1.82) is 0 Å². The van der Waals surface area contributed by atoms with Crippen molar-refractivity contribution in [2.24, 2.45) is 0 Å². The third kappa shape index (κ3) is 7.82. The molecule has 0 aliphatic rings.